The first kappa shape index (κ1) is 41.5. The van der Waals surface area contributed by atoms with Gasteiger partial charge in [0.2, 0.25) is 0 Å². The van der Waals surface area contributed by atoms with Crippen LogP contribution in [-0.4, -0.2) is 68.8 Å². The summed E-state index contributed by atoms with van der Waals surface area (Å²) in [7, 11) is 0. The molecule has 16 nitrogen and oxygen atoms in total. The van der Waals surface area contributed by atoms with Gasteiger partial charge in [0.05, 0.1) is 37.6 Å². The zero-order valence-electron chi connectivity index (χ0n) is 29.1. The van der Waals surface area contributed by atoms with Gasteiger partial charge in [0.25, 0.3) is 0 Å². The molecule has 0 atom stereocenters. The van der Waals surface area contributed by atoms with Crippen molar-refractivity contribution >= 4 is 42.3 Å². The predicted molar refractivity (Wildman–Crippen MR) is 185 cm³/mol. The second-order valence-electron chi connectivity index (χ2n) is 10.7. The Balaban J connectivity index is 1.39. The van der Waals surface area contributed by atoms with Crippen molar-refractivity contribution in [3.8, 4) is 23.0 Å². The Labute approximate surface area is 309 Å². The molecule has 0 aliphatic rings. The lowest BCUT2D eigenvalue weighted by Crippen LogP contribution is -2.18. The maximum atomic E-state index is 12.7. The molecule has 0 amide bonds. The van der Waals surface area contributed by atoms with Crippen molar-refractivity contribution in [3.63, 3.8) is 0 Å². The summed E-state index contributed by atoms with van der Waals surface area (Å²) in [4.78, 5) is 82.8. The summed E-state index contributed by atoms with van der Waals surface area (Å²) >= 11 is 0. The van der Waals surface area contributed by atoms with Crippen LogP contribution in [0.4, 0.5) is 14.4 Å². The smallest absolute Gasteiger partial charge is 0.463 e. The molecule has 0 aliphatic carbocycles. The summed E-state index contributed by atoms with van der Waals surface area (Å²) in [5.41, 5.74) is 0.745. The standard InChI is InChI=1S/C38H36O16/c1-4-32(39)46-20-6-8-22-48-36(43)51-28-14-12-27(13-15-28)35(42)53-31-19-18-30(24-25(31)3)50-34(41)26-10-16-29(17-11-26)52-38(45)54-37(44)49-23-9-7-21-47-33(40)5-2/h4-5,10-19,24H,1-2,6-9,20-23H2,3H3. The first-order chi connectivity index (χ1) is 26.0. The molecule has 16 heteroatoms. The van der Waals surface area contributed by atoms with E-state index in [1.165, 1.54) is 66.7 Å². The quantitative estimate of drug-likeness (QED) is 0.0255. The van der Waals surface area contributed by atoms with Gasteiger partial charge in [-0.05, 0) is 105 Å². The number of aryl methyl sites for hydroxylation is 1. The molecule has 284 valence electrons. The number of hydrogen-bond donors (Lipinski definition) is 0. The Morgan fingerprint density at radius 2 is 0.926 bits per heavy atom. The molecule has 0 spiro atoms. The minimum absolute atomic E-state index is 0.0333. The van der Waals surface area contributed by atoms with Gasteiger partial charge in [-0.15, -0.1) is 0 Å². The summed E-state index contributed by atoms with van der Waals surface area (Å²) in [5, 5.41) is 0. The van der Waals surface area contributed by atoms with Crippen LogP contribution in [0.25, 0.3) is 0 Å². The van der Waals surface area contributed by atoms with E-state index in [0.29, 0.717) is 31.2 Å². The zero-order valence-corrected chi connectivity index (χ0v) is 29.1. The fraction of sp³-hybridized carbons (Fsp3) is 0.237. The average molecular weight is 749 g/mol. The van der Waals surface area contributed by atoms with Crippen LogP contribution in [0.5, 0.6) is 23.0 Å². The van der Waals surface area contributed by atoms with Crippen LogP contribution in [0.3, 0.4) is 0 Å². The summed E-state index contributed by atoms with van der Waals surface area (Å²) < 4.78 is 44.6. The topological polar surface area (TPSA) is 203 Å². The Morgan fingerprint density at radius 1 is 0.500 bits per heavy atom. The van der Waals surface area contributed by atoms with Gasteiger partial charge >= 0.3 is 42.3 Å². The lowest BCUT2D eigenvalue weighted by Gasteiger charge is -2.11. The third kappa shape index (κ3) is 15.1. The number of carbonyl (C=O) groups is 7. The normalized spacial score (nSPS) is 10.1. The Hall–Kier alpha value is -6.97. The number of esters is 4. The molecular weight excluding hydrogens is 712 g/mol. The minimum atomic E-state index is -1.36. The van der Waals surface area contributed by atoms with Crippen molar-refractivity contribution in [1.82, 2.24) is 0 Å². The molecule has 0 aliphatic heterocycles. The highest BCUT2D eigenvalue weighted by Crippen LogP contribution is 2.26. The third-order valence-corrected chi connectivity index (χ3v) is 6.65. The SMILES string of the molecule is C=CC(=O)OCCCCOC(=O)OC(=O)Oc1ccc(C(=O)Oc2ccc(OC(=O)c3ccc(OC(=O)OCCCCOC(=O)C=C)cc3)c(C)c2)cc1. The van der Waals surface area contributed by atoms with Crippen molar-refractivity contribution in [2.75, 3.05) is 26.4 Å². The lowest BCUT2D eigenvalue weighted by molar-refractivity contribution is -0.138. The Bertz CT molecular complexity index is 1810. The molecule has 3 aromatic carbocycles. The number of ether oxygens (including phenoxy) is 9. The van der Waals surface area contributed by atoms with Gasteiger partial charge < -0.3 is 42.6 Å². The maximum Gasteiger partial charge on any atom is 0.524 e. The van der Waals surface area contributed by atoms with Gasteiger partial charge in [-0.1, -0.05) is 13.2 Å². The van der Waals surface area contributed by atoms with E-state index in [-0.39, 0.29) is 60.6 Å². The summed E-state index contributed by atoms with van der Waals surface area (Å²) in [6.07, 6.45) is 0.198. The molecule has 0 fully saturated rings. The molecule has 0 bridgehead atoms. The monoisotopic (exact) mass is 748 g/mol. The van der Waals surface area contributed by atoms with Crippen LogP contribution in [-0.2, 0) is 33.3 Å². The van der Waals surface area contributed by atoms with Crippen molar-refractivity contribution < 1.29 is 76.2 Å². The number of carbonyl (C=O) groups excluding carboxylic acids is 7. The molecule has 0 heterocycles. The molecule has 0 aromatic heterocycles. The maximum absolute atomic E-state index is 12.7. The van der Waals surface area contributed by atoms with Gasteiger partial charge in [0.1, 0.15) is 23.0 Å². The summed E-state index contributed by atoms with van der Waals surface area (Å²) in [5.74, 6) is -2.08. The number of benzene rings is 3. The lowest BCUT2D eigenvalue weighted by atomic mass is 10.2. The molecular formula is C38H36O16. The molecule has 0 saturated heterocycles. The second-order valence-corrected chi connectivity index (χ2v) is 10.7. The Morgan fingerprint density at radius 3 is 1.41 bits per heavy atom. The summed E-state index contributed by atoms with van der Waals surface area (Å²) in [6.45, 7) is 8.45. The van der Waals surface area contributed by atoms with Crippen molar-refractivity contribution in [3.05, 3.63) is 109 Å². The fourth-order valence-corrected chi connectivity index (χ4v) is 3.97. The van der Waals surface area contributed by atoms with Crippen LogP contribution >= 0.6 is 0 Å². The first-order valence-electron chi connectivity index (χ1n) is 16.2. The third-order valence-electron chi connectivity index (χ3n) is 6.65. The Kier molecular flexibility index (Phi) is 16.9. The molecule has 3 aromatic rings. The molecule has 54 heavy (non-hydrogen) atoms. The largest absolute Gasteiger partial charge is 0.524 e. The van der Waals surface area contributed by atoms with E-state index < -0.39 is 42.3 Å². The predicted octanol–water partition coefficient (Wildman–Crippen LogP) is 6.62. The van der Waals surface area contributed by atoms with Crippen LogP contribution in [0.2, 0.25) is 0 Å². The van der Waals surface area contributed by atoms with E-state index in [2.05, 4.69) is 17.9 Å². The van der Waals surface area contributed by atoms with E-state index >= 15 is 0 Å². The number of hydrogen-bond acceptors (Lipinski definition) is 16. The van der Waals surface area contributed by atoms with Gasteiger partial charge in [0.15, 0.2) is 0 Å². The highest BCUT2D eigenvalue weighted by Gasteiger charge is 2.17. The number of unbranched alkanes of at least 4 members (excludes halogenated alkanes) is 2. The molecule has 3 rings (SSSR count). The second kappa shape index (κ2) is 22.1. The summed E-state index contributed by atoms with van der Waals surface area (Å²) in [6, 6.07) is 15.1. The highest BCUT2D eigenvalue weighted by atomic mass is 16.8. The number of rotatable bonds is 18. The van der Waals surface area contributed by atoms with E-state index in [1.54, 1.807) is 6.92 Å². The van der Waals surface area contributed by atoms with E-state index in [1.807, 2.05) is 0 Å². The molecule has 0 radical (unpaired) electrons. The average Bonchev–Trinajstić information content (AvgIpc) is 3.15. The van der Waals surface area contributed by atoms with Crippen molar-refractivity contribution in [1.29, 1.82) is 0 Å². The first-order valence-corrected chi connectivity index (χ1v) is 16.2. The highest BCUT2D eigenvalue weighted by molar-refractivity contribution is 5.92. The fourth-order valence-electron chi connectivity index (χ4n) is 3.97. The molecule has 0 saturated carbocycles. The van der Waals surface area contributed by atoms with Crippen molar-refractivity contribution in [2.45, 2.75) is 32.6 Å². The molecule has 0 unspecified atom stereocenters. The van der Waals surface area contributed by atoms with Crippen LogP contribution in [0.1, 0.15) is 52.0 Å². The van der Waals surface area contributed by atoms with E-state index in [0.717, 1.165) is 12.2 Å². The van der Waals surface area contributed by atoms with Gasteiger partial charge in [-0.3, -0.25) is 0 Å². The van der Waals surface area contributed by atoms with Crippen LogP contribution in [0.15, 0.2) is 92.0 Å². The van der Waals surface area contributed by atoms with Crippen molar-refractivity contribution in [2.24, 2.45) is 0 Å². The minimum Gasteiger partial charge on any atom is -0.463 e. The van der Waals surface area contributed by atoms with Gasteiger partial charge in [-0.2, -0.15) is 0 Å². The van der Waals surface area contributed by atoms with Gasteiger partial charge in [-0.25, -0.2) is 33.6 Å². The van der Waals surface area contributed by atoms with E-state index in [4.69, 9.17) is 37.9 Å². The van der Waals surface area contributed by atoms with Crippen LogP contribution < -0.4 is 18.9 Å². The van der Waals surface area contributed by atoms with E-state index in [9.17, 15) is 33.6 Å². The molecule has 0 N–H and O–H groups in total. The zero-order chi connectivity index (χ0) is 39.3. The van der Waals surface area contributed by atoms with Gasteiger partial charge in [0, 0.05) is 12.2 Å². The van der Waals surface area contributed by atoms with Crippen LogP contribution in [0, 0.1) is 6.92 Å².